The zero-order valence-electron chi connectivity index (χ0n) is 8.94. The van der Waals surface area contributed by atoms with E-state index in [1.165, 1.54) is 0 Å². The van der Waals surface area contributed by atoms with Gasteiger partial charge in [-0.3, -0.25) is 0 Å². The molecule has 1 aromatic heterocycles. The Morgan fingerprint density at radius 2 is 2.50 bits per heavy atom. The first-order valence-electron chi connectivity index (χ1n) is 5.30. The maximum absolute atomic E-state index is 8.84. The molecule has 0 aliphatic carbocycles. The molecule has 1 atom stereocenters. The van der Waals surface area contributed by atoms with Gasteiger partial charge in [0.15, 0.2) is 5.82 Å². The Labute approximate surface area is 94.2 Å². The molecule has 3 N–H and O–H groups in total. The smallest absolute Gasteiger partial charge is 0.150 e. The van der Waals surface area contributed by atoms with Crippen LogP contribution in [0.2, 0.25) is 0 Å². The second-order valence-electron chi connectivity index (χ2n) is 3.79. The van der Waals surface area contributed by atoms with Gasteiger partial charge in [0, 0.05) is 12.8 Å². The van der Waals surface area contributed by atoms with Crippen LogP contribution in [0.5, 0.6) is 0 Å². The van der Waals surface area contributed by atoms with Crippen molar-refractivity contribution in [1.29, 1.82) is 5.26 Å². The summed E-state index contributed by atoms with van der Waals surface area (Å²) in [6.45, 7) is 1.48. The molecule has 2 heterocycles. The second kappa shape index (κ2) is 4.81. The van der Waals surface area contributed by atoms with Crippen LogP contribution >= 0.6 is 0 Å². The lowest BCUT2D eigenvalue weighted by molar-refractivity contribution is 0.0875. The number of rotatable bonds is 2. The molecule has 5 heteroatoms. The third-order valence-electron chi connectivity index (χ3n) is 2.61. The molecule has 1 saturated heterocycles. The predicted molar refractivity (Wildman–Crippen MR) is 60.8 cm³/mol. The average molecular weight is 218 g/mol. The Hall–Kier alpha value is -1.80. The van der Waals surface area contributed by atoms with Gasteiger partial charge in [0.25, 0.3) is 0 Å². The van der Waals surface area contributed by atoms with Crippen LogP contribution in [0.15, 0.2) is 12.3 Å². The van der Waals surface area contributed by atoms with Gasteiger partial charge >= 0.3 is 0 Å². The molecule has 84 valence electrons. The molecule has 1 unspecified atom stereocenters. The van der Waals surface area contributed by atoms with Gasteiger partial charge in [-0.25, -0.2) is 4.98 Å². The van der Waals surface area contributed by atoms with Crippen molar-refractivity contribution in [3.05, 3.63) is 17.8 Å². The van der Waals surface area contributed by atoms with Crippen molar-refractivity contribution in [3.8, 4) is 6.07 Å². The summed E-state index contributed by atoms with van der Waals surface area (Å²) < 4.78 is 5.35. The molecule has 0 saturated carbocycles. The monoisotopic (exact) mass is 218 g/mol. The van der Waals surface area contributed by atoms with Gasteiger partial charge in [0.2, 0.25) is 0 Å². The molecule has 1 aliphatic rings. The van der Waals surface area contributed by atoms with Crippen LogP contribution in [-0.4, -0.2) is 24.2 Å². The number of anilines is 2. The minimum Gasteiger partial charge on any atom is -0.395 e. The third kappa shape index (κ3) is 2.23. The molecular weight excluding hydrogens is 204 g/mol. The van der Waals surface area contributed by atoms with Gasteiger partial charge in [0.05, 0.1) is 23.9 Å². The lowest BCUT2D eigenvalue weighted by atomic mass is 10.1. The number of hydrogen-bond acceptors (Lipinski definition) is 5. The molecule has 2 rings (SSSR count). The molecule has 1 fully saturated rings. The number of nitrogens with zero attached hydrogens (tertiary/aromatic N) is 2. The van der Waals surface area contributed by atoms with E-state index in [4.69, 9.17) is 15.7 Å². The third-order valence-corrected chi connectivity index (χ3v) is 2.61. The zero-order valence-corrected chi connectivity index (χ0v) is 8.94. The first-order chi connectivity index (χ1) is 7.81. The van der Waals surface area contributed by atoms with E-state index in [1.807, 2.05) is 6.07 Å². The topological polar surface area (TPSA) is 84.0 Å². The summed E-state index contributed by atoms with van der Waals surface area (Å²) in [4.78, 5) is 4.14. The lowest BCUT2D eigenvalue weighted by Crippen LogP contribution is -2.30. The number of nitrogens with one attached hydrogen (secondary N) is 1. The Morgan fingerprint density at radius 3 is 3.19 bits per heavy atom. The standard InChI is InChI=1S/C11H14N4O/c12-6-8-3-4-14-11(10(8)13)15-9-2-1-5-16-7-9/h3-4,9H,1-2,5,7,13H2,(H,14,15). The van der Waals surface area contributed by atoms with E-state index in [9.17, 15) is 0 Å². The number of ether oxygens (including phenoxy) is 1. The van der Waals surface area contributed by atoms with E-state index < -0.39 is 0 Å². The van der Waals surface area contributed by atoms with Crippen molar-refractivity contribution in [2.75, 3.05) is 24.3 Å². The number of nitrogen functional groups attached to an aromatic ring is 1. The fourth-order valence-electron chi connectivity index (χ4n) is 1.73. The molecular formula is C11H14N4O. The fourth-order valence-corrected chi connectivity index (χ4v) is 1.73. The minimum atomic E-state index is 0.234. The van der Waals surface area contributed by atoms with E-state index in [0.717, 1.165) is 19.4 Å². The molecule has 1 aliphatic heterocycles. The summed E-state index contributed by atoms with van der Waals surface area (Å²) in [5.74, 6) is 0.578. The van der Waals surface area contributed by atoms with Gasteiger partial charge in [-0.2, -0.15) is 5.26 Å². The summed E-state index contributed by atoms with van der Waals surface area (Å²) in [6, 6.07) is 3.88. The Bertz CT molecular complexity index is 407. The molecule has 0 aromatic carbocycles. The van der Waals surface area contributed by atoms with Crippen molar-refractivity contribution in [3.63, 3.8) is 0 Å². The Kier molecular flexibility index (Phi) is 3.22. The van der Waals surface area contributed by atoms with E-state index in [1.54, 1.807) is 12.3 Å². The number of aromatic nitrogens is 1. The number of pyridine rings is 1. The van der Waals surface area contributed by atoms with Crippen LogP contribution in [-0.2, 0) is 4.74 Å². The van der Waals surface area contributed by atoms with Crippen molar-refractivity contribution < 1.29 is 4.74 Å². The number of nitriles is 1. The van der Waals surface area contributed by atoms with Gasteiger partial charge < -0.3 is 15.8 Å². The van der Waals surface area contributed by atoms with Crippen LogP contribution in [0.1, 0.15) is 18.4 Å². The van der Waals surface area contributed by atoms with Crippen molar-refractivity contribution >= 4 is 11.5 Å². The highest BCUT2D eigenvalue weighted by Crippen LogP contribution is 2.21. The first-order valence-corrected chi connectivity index (χ1v) is 5.30. The van der Waals surface area contributed by atoms with Crippen LogP contribution in [0.3, 0.4) is 0 Å². The highest BCUT2D eigenvalue weighted by Gasteiger charge is 2.15. The lowest BCUT2D eigenvalue weighted by Gasteiger charge is -2.24. The molecule has 0 radical (unpaired) electrons. The Balaban J connectivity index is 2.12. The van der Waals surface area contributed by atoms with Gasteiger partial charge in [-0.05, 0) is 18.9 Å². The molecule has 0 amide bonds. The van der Waals surface area contributed by atoms with Crippen LogP contribution in [0.25, 0.3) is 0 Å². The minimum absolute atomic E-state index is 0.234. The second-order valence-corrected chi connectivity index (χ2v) is 3.79. The molecule has 0 spiro atoms. The quantitative estimate of drug-likeness (QED) is 0.777. The highest BCUT2D eigenvalue weighted by molar-refractivity contribution is 5.69. The van der Waals surface area contributed by atoms with Crippen molar-refractivity contribution in [2.45, 2.75) is 18.9 Å². The zero-order chi connectivity index (χ0) is 11.4. The van der Waals surface area contributed by atoms with Gasteiger partial charge in [-0.15, -0.1) is 0 Å². The summed E-state index contributed by atoms with van der Waals surface area (Å²) in [6.07, 6.45) is 3.66. The van der Waals surface area contributed by atoms with E-state index >= 15 is 0 Å². The van der Waals surface area contributed by atoms with Crippen LogP contribution in [0.4, 0.5) is 11.5 Å². The number of nitrogens with two attached hydrogens (primary N) is 1. The predicted octanol–water partition coefficient (Wildman–Crippen LogP) is 1.13. The molecule has 1 aromatic rings. The fraction of sp³-hybridized carbons (Fsp3) is 0.455. The maximum Gasteiger partial charge on any atom is 0.150 e. The summed E-state index contributed by atoms with van der Waals surface area (Å²) >= 11 is 0. The summed E-state index contributed by atoms with van der Waals surface area (Å²) in [5, 5.41) is 12.1. The summed E-state index contributed by atoms with van der Waals surface area (Å²) in [5.41, 5.74) is 6.69. The maximum atomic E-state index is 8.84. The van der Waals surface area contributed by atoms with Crippen LogP contribution in [0, 0.1) is 11.3 Å². The molecule has 5 nitrogen and oxygen atoms in total. The largest absolute Gasteiger partial charge is 0.395 e. The van der Waals surface area contributed by atoms with Crippen molar-refractivity contribution in [1.82, 2.24) is 4.98 Å². The molecule has 16 heavy (non-hydrogen) atoms. The Morgan fingerprint density at radius 1 is 1.62 bits per heavy atom. The average Bonchev–Trinajstić information content (AvgIpc) is 2.33. The van der Waals surface area contributed by atoms with Crippen molar-refractivity contribution in [2.24, 2.45) is 0 Å². The molecule has 0 bridgehead atoms. The highest BCUT2D eigenvalue weighted by atomic mass is 16.5. The SMILES string of the molecule is N#Cc1ccnc(NC2CCCOC2)c1N. The van der Waals surface area contributed by atoms with E-state index in [0.29, 0.717) is 23.7 Å². The van der Waals surface area contributed by atoms with E-state index in [2.05, 4.69) is 10.3 Å². The normalized spacial score (nSPS) is 20.1. The van der Waals surface area contributed by atoms with Gasteiger partial charge in [-0.1, -0.05) is 0 Å². The summed E-state index contributed by atoms with van der Waals surface area (Å²) in [7, 11) is 0. The first kappa shape index (κ1) is 10.7. The van der Waals surface area contributed by atoms with Gasteiger partial charge in [0.1, 0.15) is 6.07 Å². The van der Waals surface area contributed by atoms with E-state index in [-0.39, 0.29) is 6.04 Å². The van der Waals surface area contributed by atoms with Crippen LogP contribution < -0.4 is 11.1 Å². The number of hydrogen-bond donors (Lipinski definition) is 2.